The molecule has 20 heavy (non-hydrogen) atoms. The topological polar surface area (TPSA) is 61.2 Å². The highest BCUT2D eigenvalue weighted by molar-refractivity contribution is 5.89. The van der Waals surface area contributed by atoms with E-state index in [4.69, 9.17) is 0 Å². The van der Waals surface area contributed by atoms with E-state index in [-0.39, 0.29) is 12.1 Å². The zero-order valence-electron chi connectivity index (χ0n) is 11.1. The highest BCUT2D eigenvalue weighted by atomic mass is 19.1. The van der Waals surface area contributed by atoms with E-state index in [1.807, 2.05) is 0 Å². The summed E-state index contributed by atoms with van der Waals surface area (Å²) in [6.45, 7) is 1.94. The van der Waals surface area contributed by atoms with Crippen molar-refractivity contribution in [3.8, 4) is 0 Å². The van der Waals surface area contributed by atoms with E-state index in [0.717, 1.165) is 11.6 Å². The second kappa shape index (κ2) is 5.64. The third-order valence-electron chi connectivity index (χ3n) is 2.90. The zero-order valence-corrected chi connectivity index (χ0v) is 11.1. The molecule has 0 N–H and O–H groups in total. The van der Waals surface area contributed by atoms with Crippen molar-refractivity contribution in [3.05, 3.63) is 52.6 Å². The monoisotopic (exact) mass is 276 g/mol. The van der Waals surface area contributed by atoms with Crippen molar-refractivity contribution in [2.24, 2.45) is 0 Å². The van der Waals surface area contributed by atoms with E-state index in [2.05, 4.69) is 9.84 Å². The van der Waals surface area contributed by atoms with Gasteiger partial charge in [-0.05, 0) is 24.6 Å². The second-order valence-electron chi connectivity index (χ2n) is 4.31. The predicted octanol–water partition coefficient (Wildman–Crippen LogP) is 1.98. The predicted molar refractivity (Wildman–Crippen MR) is 69.2 cm³/mol. The highest BCUT2D eigenvalue weighted by Crippen LogP contribution is 2.13. The molecule has 0 saturated heterocycles. The molecule has 6 heteroatoms. The van der Waals surface area contributed by atoms with Crippen molar-refractivity contribution in [2.45, 2.75) is 13.5 Å². The molecule has 0 saturated carbocycles. The summed E-state index contributed by atoms with van der Waals surface area (Å²) in [5.41, 5.74) is 1.58. The number of hydrogen-bond donors (Lipinski definition) is 0. The van der Waals surface area contributed by atoms with E-state index in [9.17, 15) is 14.0 Å². The van der Waals surface area contributed by atoms with Crippen LogP contribution in [-0.4, -0.2) is 29.1 Å². The first kappa shape index (κ1) is 13.9. The lowest BCUT2D eigenvalue weighted by molar-refractivity contribution is 0.0600. The number of carbonyl (C=O) groups is 2. The number of rotatable bonds is 4. The summed E-state index contributed by atoms with van der Waals surface area (Å²) in [6.07, 6.45) is 2.32. The van der Waals surface area contributed by atoms with E-state index in [1.165, 1.54) is 23.9 Å². The fourth-order valence-electron chi connectivity index (χ4n) is 1.83. The van der Waals surface area contributed by atoms with Gasteiger partial charge >= 0.3 is 5.97 Å². The molecule has 0 unspecified atom stereocenters. The lowest BCUT2D eigenvalue weighted by Crippen LogP contribution is -2.06. The SMILES string of the molecule is COC(=O)c1ccc(Cn2cc(C)c(C=O)n2)c(F)c1. The quantitative estimate of drug-likeness (QED) is 0.633. The average molecular weight is 276 g/mol. The van der Waals surface area contributed by atoms with Crippen molar-refractivity contribution >= 4 is 12.3 Å². The van der Waals surface area contributed by atoms with Crippen molar-refractivity contribution in [1.82, 2.24) is 9.78 Å². The molecule has 0 radical (unpaired) electrons. The van der Waals surface area contributed by atoms with Gasteiger partial charge in [0.25, 0.3) is 0 Å². The van der Waals surface area contributed by atoms with Gasteiger partial charge in [-0.2, -0.15) is 5.10 Å². The molecule has 0 spiro atoms. The van der Waals surface area contributed by atoms with Gasteiger partial charge in [-0.15, -0.1) is 0 Å². The maximum absolute atomic E-state index is 13.9. The number of aldehydes is 1. The molecule has 1 aromatic carbocycles. The molecule has 0 atom stereocenters. The number of esters is 1. The van der Waals surface area contributed by atoms with Crippen molar-refractivity contribution in [3.63, 3.8) is 0 Å². The summed E-state index contributed by atoms with van der Waals surface area (Å²) in [4.78, 5) is 22.0. The van der Waals surface area contributed by atoms with Gasteiger partial charge in [-0.25, -0.2) is 9.18 Å². The van der Waals surface area contributed by atoms with Crippen LogP contribution < -0.4 is 0 Å². The Hall–Kier alpha value is -2.50. The fourth-order valence-corrected chi connectivity index (χ4v) is 1.83. The third-order valence-corrected chi connectivity index (χ3v) is 2.90. The maximum Gasteiger partial charge on any atom is 0.337 e. The number of carbonyl (C=O) groups excluding carboxylic acids is 2. The summed E-state index contributed by atoms with van der Waals surface area (Å²) in [5.74, 6) is -1.11. The van der Waals surface area contributed by atoms with Crippen LogP contribution in [0.5, 0.6) is 0 Å². The van der Waals surface area contributed by atoms with Crippen LogP contribution in [0.1, 0.15) is 32.0 Å². The van der Waals surface area contributed by atoms with Crippen molar-refractivity contribution in [2.75, 3.05) is 7.11 Å². The number of aryl methyl sites for hydroxylation is 1. The van der Waals surface area contributed by atoms with E-state index < -0.39 is 11.8 Å². The standard InChI is InChI=1S/C14H13FN2O3/c1-9-6-17(16-13(9)8-18)7-11-4-3-10(5-12(11)15)14(19)20-2/h3-6,8H,7H2,1-2H3. The molecular formula is C14H13FN2O3. The van der Waals surface area contributed by atoms with Gasteiger partial charge in [-0.3, -0.25) is 9.48 Å². The number of ether oxygens (including phenoxy) is 1. The Balaban J connectivity index is 2.25. The van der Waals surface area contributed by atoms with Gasteiger partial charge in [0.15, 0.2) is 6.29 Å². The van der Waals surface area contributed by atoms with Crippen molar-refractivity contribution < 1.29 is 18.7 Å². The van der Waals surface area contributed by atoms with Crippen LogP contribution in [0.3, 0.4) is 0 Å². The summed E-state index contributed by atoms with van der Waals surface area (Å²) < 4.78 is 19.9. The lowest BCUT2D eigenvalue weighted by atomic mass is 10.1. The fraction of sp³-hybridized carbons (Fsp3) is 0.214. The molecule has 0 aliphatic heterocycles. The molecule has 0 amide bonds. The van der Waals surface area contributed by atoms with Gasteiger partial charge in [-0.1, -0.05) is 6.07 Å². The molecule has 1 aromatic heterocycles. The molecule has 5 nitrogen and oxygen atoms in total. The van der Waals surface area contributed by atoms with Crippen LogP contribution in [0, 0.1) is 12.7 Å². The van der Waals surface area contributed by atoms with Gasteiger partial charge in [0, 0.05) is 11.8 Å². The third kappa shape index (κ3) is 2.74. The van der Waals surface area contributed by atoms with Crippen LogP contribution >= 0.6 is 0 Å². The number of benzene rings is 1. The molecule has 2 aromatic rings. The van der Waals surface area contributed by atoms with Crippen LogP contribution in [0.15, 0.2) is 24.4 Å². The van der Waals surface area contributed by atoms with Crippen LogP contribution in [0.2, 0.25) is 0 Å². The molecule has 1 heterocycles. The Morgan fingerprint density at radius 1 is 1.50 bits per heavy atom. The lowest BCUT2D eigenvalue weighted by Gasteiger charge is -2.05. The maximum atomic E-state index is 13.9. The first-order valence-electron chi connectivity index (χ1n) is 5.91. The summed E-state index contributed by atoms with van der Waals surface area (Å²) in [5, 5.41) is 4.03. The van der Waals surface area contributed by atoms with Crippen molar-refractivity contribution in [1.29, 1.82) is 0 Å². The summed E-state index contributed by atoms with van der Waals surface area (Å²) in [6, 6.07) is 4.11. The largest absolute Gasteiger partial charge is 0.465 e. The number of methoxy groups -OCH3 is 1. The molecule has 0 aliphatic carbocycles. The van der Waals surface area contributed by atoms with Gasteiger partial charge < -0.3 is 4.74 Å². The van der Waals surface area contributed by atoms with E-state index in [1.54, 1.807) is 13.1 Å². The highest BCUT2D eigenvalue weighted by Gasteiger charge is 2.11. The summed E-state index contributed by atoms with van der Waals surface area (Å²) >= 11 is 0. The Labute approximate surface area is 115 Å². The molecule has 2 rings (SSSR count). The number of aromatic nitrogens is 2. The van der Waals surface area contributed by atoms with E-state index in [0.29, 0.717) is 17.5 Å². The first-order chi connectivity index (χ1) is 9.55. The Morgan fingerprint density at radius 3 is 2.80 bits per heavy atom. The number of hydrogen-bond acceptors (Lipinski definition) is 4. The molecular weight excluding hydrogens is 263 g/mol. The van der Waals surface area contributed by atoms with Crippen LogP contribution in [0.25, 0.3) is 0 Å². The molecule has 0 bridgehead atoms. The van der Waals surface area contributed by atoms with Crippen LogP contribution in [0.4, 0.5) is 4.39 Å². The van der Waals surface area contributed by atoms with Gasteiger partial charge in [0.05, 0.1) is 19.2 Å². The Morgan fingerprint density at radius 2 is 2.25 bits per heavy atom. The Bertz CT molecular complexity index is 664. The van der Waals surface area contributed by atoms with E-state index >= 15 is 0 Å². The Kier molecular flexibility index (Phi) is 3.93. The minimum Gasteiger partial charge on any atom is -0.465 e. The summed E-state index contributed by atoms with van der Waals surface area (Å²) in [7, 11) is 1.24. The molecule has 104 valence electrons. The second-order valence-corrected chi connectivity index (χ2v) is 4.31. The number of nitrogens with zero attached hydrogens (tertiary/aromatic N) is 2. The normalized spacial score (nSPS) is 10.3. The molecule has 0 aliphatic rings. The minimum atomic E-state index is -0.589. The minimum absolute atomic E-state index is 0.152. The first-order valence-corrected chi connectivity index (χ1v) is 5.91. The molecule has 0 fully saturated rings. The number of halogens is 1. The van der Waals surface area contributed by atoms with Gasteiger partial charge in [0.1, 0.15) is 11.5 Å². The zero-order chi connectivity index (χ0) is 14.7. The smallest absolute Gasteiger partial charge is 0.337 e. The van der Waals surface area contributed by atoms with Crippen LogP contribution in [-0.2, 0) is 11.3 Å². The van der Waals surface area contributed by atoms with Gasteiger partial charge in [0.2, 0.25) is 0 Å². The average Bonchev–Trinajstić information content (AvgIpc) is 2.80.